The largest absolute Gasteiger partial charge is 0.0616 e. The van der Waals surface area contributed by atoms with Gasteiger partial charge in [-0.3, -0.25) is 0 Å². The number of benzene rings is 14. The molecule has 0 N–H and O–H groups in total. The van der Waals surface area contributed by atoms with Crippen LogP contribution in [0.3, 0.4) is 0 Å². The van der Waals surface area contributed by atoms with Crippen LogP contribution in [0.5, 0.6) is 0 Å². The Labute approximate surface area is 382 Å². The van der Waals surface area contributed by atoms with Crippen LogP contribution in [0.25, 0.3) is 141 Å². The summed E-state index contributed by atoms with van der Waals surface area (Å²) < 4.78 is 0. The lowest BCUT2D eigenvalue weighted by Crippen LogP contribution is -1.92. The molecule has 0 heterocycles. The van der Waals surface area contributed by atoms with Crippen molar-refractivity contribution in [3.05, 3.63) is 243 Å². The zero-order valence-corrected chi connectivity index (χ0v) is 36.1. The van der Waals surface area contributed by atoms with E-state index in [4.69, 9.17) is 0 Å². The molecule has 0 saturated heterocycles. The van der Waals surface area contributed by atoms with Crippen LogP contribution in [0.2, 0.25) is 0 Å². The topological polar surface area (TPSA) is 0 Å². The van der Waals surface area contributed by atoms with Gasteiger partial charge in [0.1, 0.15) is 0 Å². The van der Waals surface area contributed by atoms with Crippen molar-refractivity contribution in [2.75, 3.05) is 0 Å². The van der Waals surface area contributed by atoms with Gasteiger partial charge in [-0.1, -0.05) is 224 Å². The Morgan fingerprint density at radius 2 is 0.561 bits per heavy atom. The fourth-order valence-corrected chi connectivity index (χ4v) is 11.4. The van der Waals surface area contributed by atoms with Crippen molar-refractivity contribution < 1.29 is 0 Å². The average Bonchev–Trinajstić information content (AvgIpc) is 3.39. The highest BCUT2D eigenvalue weighted by atomic mass is 14.2. The predicted octanol–water partition coefficient (Wildman–Crippen LogP) is 18.7. The quantitative estimate of drug-likeness (QED) is 0.155. The van der Waals surface area contributed by atoms with E-state index in [0.29, 0.717) is 0 Å². The molecule has 0 amide bonds. The molecule has 14 aromatic carbocycles. The van der Waals surface area contributed by atoms with Gasteiger partial charge >= 0.3 is 0 Å². The molecule has 66 heavy (non-hydrogen) atoms. The summed E-state index contributed by atoms with van der Waals surface area (Å²) in [5.41, 5.74) is 9.94. The summed E-state index contributed by atoms with van der Waals surface area (Å²) in [7, 11) is 0. The van der Waals surface area contributed by atoms with Crippen LogP contribution in [-0.4, -0.2) is 0 Å². The van der Waals surface area contributed by atoms with Crippen LogP contribution in [-0.2, 0) is 0 Å². The average molecular weight is 833 g/mol. The molecule has 0 aliphatic heterocycles. The summed E-state index contributed by atoms with van der Waals surface area (Å²) in [6, 6.07) is 90.6. The summed E-state index contributed by atoms with van der Waals surface area (Å²) in [6.07, 6.45) is 0. The highest BCUT2D eigenvalue weighted by Crippen LogP contribution is 2.48. The summed E-state index contributed by atoms with van der Waals surface area (Å²) in [6.45, 7) is 0. The first-order valence-corrected chi connectivity index (χ1v) is 23.0. The summed E-state index contributed by atoms with van der Waals surface area (Å²) in [5, 5.41) is 22.8. The molecule has 304 valence electrons. The second-order valence-corrected chi connectivity index (χ2v) is 17.9. The normalized spacial score (nSPS) is 11.9. The van der Waals surface area contributed by atoms with Gasteiger partial charge in [-0.05, 0) is 160 Å². The molecule has 0 radical (unpaired) electrons. The minimum Gasteiger partial charge on any atom is -0.0616 e. The van der Waals surface area contributed by atoms with Crippen molar-refractivity contribution in [2.45, 2.75) is 0 Å². The van der Waals surface area contributed by atoms with E-state index in [2.05, 4.69) is 243 Å². The van der Waals surface area contributed by atoms with E-state index < -0.39 is 0 Å². The lowest BCUT2D eigenvalue weighted by atomic mass is 9.83. The van der Waals surface area contributed by atoms with Gasteiger partial charge in [0.05, 0.1) is 0 Å². The van der Waals surface area contributed by atoms with E-state index in [1.165, 1.54) is 141 Å². The van der Waals surface area contributed by atoms with Gasteiger partial charge in [-0.25, -0.2) is 0 Å². The van der Waals surface area contributed by atoms with Crippen LogP contribution in [0, 0.1) is 0 Å². The third-order valence-corrected chi connectivity index (χ3v) is 14.4. The number of hydrogen-bond donors (Lipinski definition) is 0. The van der Waals surface area contributed by atoms with Crippen molar-refractivity contribution in [3.63, 3.8) is 0 Å². The smallest absolute Gasteiger partial charge is 0.00139 e. The molecule has 0 aliphatic rings. The number of fused-ring (bicyclic) bond motifs is 15. The molecular weight excluding hydrogens is 793 g/mol. The Morgan fingerprint density at radius 1 is 0.167 bits per heavy atom. The lowest BCUT2D eigenvalue weighted by Gasteiger charge is -2.20. The maximum atomic E-state index is 2.48. The first-order valence-electron chi connectivity index (χ1n) is 23.0. The van der Waals surface area contributed by atoms with E-state index >= 15 is 0 Å². The van der Waals surface area contributed by atoms with Gasteiger partial charge in [-0.2, -0.15) is 0 Å². The molecule has 14 rings (SSSR count). The molecule has 0 atom stereocenters. The summed E-state index contributed by atoms with van der Waals surface area (Å²) in [4.78, 5) is 0. The molecule has 0 aliphatic carbocycles. The Kier molecular flexibility index (Phi) is 8.08. The second kappa shape index (κ2) is 14.5. The first kappa shape index (κ1) is 36.9. The van der Waals surface area contributed by atoms with Crippen molar-refractivity contribution in [2.24, 2.45) is 0 Å². The van der Waals surface area contributed by atoms with Crippen molar-refractivity contribution in [3.8, 4) is 44.5 Å². The van der Waals surface area contributed by atoms with Gasteiger partial charge in [0.25, 0.3) is 0 Å². The van der Waals surface area contributed by atoms with Gasteiger partial charge < -0.3 is 0 Å². The minimum absolute atomic E-state index is 1.22. The first-order chi connectivity index (χ1) is 32.7. The van der Waals surface area contributed by atoms with Gasteiger partial charge in [0, 0.05) is 0 Å². The van der Waals surface area contributed by atoms with E-state index in [1.807, 2.05) is 0 Å². The third kappa shape index (κ3) is 5.52. The SMILES string of the molecule is c1ccc2cc(-c3ccc4ccccc4c3-c3ccc4c(c3)c3ccccc3c3c5ccc(-c6c(-c7cccc8ccccc78)ccc7ccccc67)cc5c5ccccc5c43)ccc2c1. The molecule has 0 heteroatoms. The molecule has 0 nitrogen and oxygen atoms in total. The molecule has 0 aromatic heterocycles. The van der Waals surface area contributed by atoms with Crippen molar-refractivity contribution in [1.29, 1.82) is 0 Å². The standard InChI is InChI=1S/C66H40/c1-2-18-45-38-46(29-28-41(45)14-1)52-34-30-43-16-4-7-21-50(43)63(52)47-32-36-59-61(39-47)54-23-9-11-25-56(54)66-60-37-33-48(40-62(60)55-24-10-12-26-57(55)65(59)66)64-51-22-8-5-17-44(51)31-35-58(64)53-27-13-19-42-15-3-6-20-49(42)53/h1-40H. The zero-order valence-electron chi connectivity index (χ0n) is 36.1. The molecule has 14 aromatic rings. The minimum atomic E-state index is 1.22. The maximum absolute atomic E-state index is 2.48. The van der Waals surface area contributed by atoms with Gasteiger partial charge in [0.2, 0.25) is 0 Å². The number of rotatable bonds is 4. The molecule has 0 spiro atoms. The van der Waals surface area contributed by atoms with Crippen LogP contribution in [0.15, 0.2) is 243 Å². The van der Waals surface area contributed by atoms with Gasteiger partial charge in [-0.15, -0.1) is 0 Å². The fraction of sp³-hybridized carbons (Fsp3) is 0. The van der Waals surface area contributed by atoms with E-state index in [9.17, 15) is 0 Å². The van der Waals surface area contributed by atoms with Crippen LogP contribution in [0.4, 0.5) is 0 Å². The predicted molar refractivity (Wildman–Crippen MR) is 286 cm³/mol. The zero-order chi connectivity index (χ0) is 43.3. The van der Waals surface area contributed by atoms with Gasteiger partial charge in [0.15, 0.2) is 0 Å². The Balaban J connectivity index is 1.05. The summed E-state index contributed by atoms with van der Waals surface area (Å²) >= 11 is 0. The van der Waals surface area contributed by atoms with E-state index in [-0.39, 0.29) is 0 Å². The lowest BCUT2D eigenvalue weighted by molar-refractivity contribution is 1.64. The monoisotopic (exact) mass is 832 g/mol. The Bertz CT molecular complexity index is 4340. The molecular formula is C66H40. The highest BCUT2D eigenvalue weighted by Gasteiger charge is 2.21. The fourth-order valence-electron chi connectivity index (χ4n) is 11.4. The van der Waals surface area contributed by atoms with Crippen LogP contribution >= 0.6 is 0 Å². The molecule has 0 saturated carbocycles. The van der Waals surface area contributed by atoms with Crippen molar-refractivity contribution in [1.82, 2.24) is 0 Å². The molecule has 0 unspecified atom stereocenters. The van der Waals surface area contributed by atoms with E-state index in [1.54, 1.807) is 0 Å². The third-order valence-electron chi connectivity index (χ3n) is 14.4. The summed E-state index contributed by atoms with van der Waals surface area (Å²) in [5.74, 6) is 0. The Morgan fingerprint density at radius 3 is 1.15 bits per heavy atom. The van der Waals surface area contributed by atoms with Crippen LogP contribution < -0.4 is 0 Å². The van der Waals surface area contributed by atoms with E-state index in [0.717, 1.165) is 0 Å². The second-order valence-electron chi connectivity index (χ2n) is 17.9. The number of hydrogen-bond acceptors (Lipinski definition) is 0. The maximum Gasteiger partial charge on any atom is -0.00139 e. The Hall–Kier alpha value is -8.58. The van der Waals surface area contributed by atoms with Crippen LogP contribution in [0.1, 0.15) is 0 Å². The highest BCUT2D eigenvalue weighted by molar-refractivity contribution is 6.40. The molecule has 0 bridgehead atoms. The molecule has 0 fully saturated rings. The van der Waals surface area contributed by atoms with Crippen molar-refractivity contribution >= 4 is 97.0 Å².